The first-order chi connectivity index (χ1) is 13.5. The van der Waals surface area contributed by atoms with Gasteiger partial charge >= 0.3 is 0 Å². The highest BCUT2D eigenvalue weighted by atomic mass is 16.2. The van der Waals surface area contributed by atoms with Crippen LogP contribution in [0, 0.1) is 0 Å². The maximum Gasteiger partial charge on any atom is 0.279 e. The van der Waals surface area contributed by atoms with Gasteiger partial charge in [0.25, 0.3) is 5.91 Å². The Morgan fingerprint density at radius 2 is 1.61 bits per heavy atom. The molecule has 146 valence electrons. The molecule has 0 atom stereocenters. The molecule has 3 nitrogen and oxygen atoms in total. The zero-order valence-electron chi connectivity index (χ0n) is 17.1. The molecule has 0 saturated carbocycles. The summed E-state index contributed by atoms with van der Waals surface area (Å²) < 4.78 is 0. The monoisotopic (exact) mass is 374 g/mol. The highest BCUT2D eigenvalue weighted by molar-refractivity contribution is 5.99. The molecule has 0 N–H and O–H groups in total. The van der Waals surface area contributed by atoms with E-state index in [0.717, 1.165) is 11.1 Å². The van der Waals surface area contributed by atoms with E-state index in [-0.39, 0.29) is 5.91 Å². The van der Waals surface area contributed by atoms with Gasteiger partial charge in [-0.25, -0.2) is 0 Å². The van der Waals surface area contributed by atoms with Crippen LogP contribution in [0.15, 0.2) is 122 Å². The van der Waals surface area contributed by atoms with Gasteiger partial charge in [-0.1, -0.05) is 76.8 Å². The van der Waals surface area contributed by atoms with Gasteiger partial charge in [-0.05, 0) is 42.7 Å². The number of rotatable bonds is 9. The molecule has 0 bridgehead atoms. The fourth-order valence-electron chi connectivity index (χ4n) is 3.19. The topological polar surface area (TPSA) is 23.6 Å². The SMILES string of the molecule is C=C/C=C(C=C)/C(CC)=C1\C(=O)N(/C(C=C)=C/C=C)/C(=C/C=C)C(=C)N1CC. The molecule has 0 aliphatic carbocycles. The normalized spacial score (nSPS) is 18.9. The van der Waals surface area contributed by atoms with Crippen molar-refractivity contribution in [3.8, 4) is 0 Å². The van der Waals surface area contributed by atoms with E-state index in [2.05, 4.69) is 39.5 Å². The first-order valence-electron chi connectivity index (χ1n) is 9.24. The van der Waals surface area contributed by atoms with Crippen molar-refractivity contribution in [3.05, 3.63) is 122 Å². The van der Waals surface area contributed by atoms with Crippen LogP contribution in [0.4, 0.5) is 0 Å². The number of amides is 1. The summed E-state index contributed by atoms with van der Waals surface area (Å²) in [5, 5.41) is 0. The highest BCUT2D eigenvalue weighted by Crippen LogP contribution is 2.37. The highest BCUT2D eigenvalue weighted by Gasteiger charge is 2.37. The largest absolute Gasteiger partial charge is 0.336 e. The zero-order chi connectivity index (χ0) is 21.3. The number of likely N-dealkylation sites (N-methyl/N-ethyl adjacent to an activating group) is 1. The van der Waals surface area contributed by atoms with Crippen LogP contribution in [-0.4, -0.2) is 22.3 Å². The minimum atomic E-state index is -0.163. The van der Waals surface area contributed by atoms with E-state index in [1.54, 1.807) is 47.4 Å². The van der Waals surface area contributed by atoms with Crippen LogP contribution in [0.1, 0.15) is 20.3 Å². The number of nitrogens with zero attached hydrogens (tertiary/aromatic N) is 2. The molecule has 28 heavy (non-hydrogen) atoms. The molecule has 1 aliphatic rings. The van der Waals surface area contributed by atoms with E-state index in [0.29, 0.717) is 35.8 Å². The summed E-state index contributed by atoms with van der Waals surface area (Å²) in [4.78, 5) is 17.3. The minimum Gasteiger partial charge on any atom is -0.336 e. The van der Waals surface area contributed by atoms with E-state index in [1.165, 1.54) is 0 Å². The van der Waals surface area contributed by atoms with Crippen molar-refractivity contribution < 1.29 is 4.79 Å². The summed E-state index contributed by atoms with van der Waals surface area (Å²) in [6, 6.07) is 0. The maximum atomic E-state index is 13.7. The molecular formula is C25H30N2O. The Bertz CT molecular complexity index is 831. The lowest BCUT2D eigenvalue weighted by Crippen LogP contribution is -2.45. The molecule has 0 aromatic heterocycles. The molecule has 1 fully saturated rings. The summed E-state index contributed by atoms with van der Waals surface area (Å²) >= 11 is 0. The summed E-state index contributed by atoms with van der Waals surface area (Å²) in [6.45, 7) is 27.9. The number of hydrogen-bond donors (Lipinski definition) is 0. The van der Waals surface area contributed by atoms with E-state index in [4.69, 9.17) is 0 Å². The Labute approximate surface area is 169 Å². The fourth-order valence-corrected chi connectivity index (χ4v) is 3.19. The molecule has 0 aromatic rings. The molecule has 0 aromatic carbocycles. The van der Waals surface area contributed by atoms with Crippen molar-refractivity contribution in [2.75, 3.05) is 6.54 Å². The van der Waals surface area contributed by atoms with Crippen molar-refractivity contribution >= 4 is 5.91 Å². The molecular weight excluding hydrogens is 344 g/mol. The molecule has 0 spiro atoms. The second-order valence-electron chi connectivity index (χ2n) is 5.89. The lowest BCUT2D eigenvalue weighted by Gasteiger charge is -2.42. The van der Waals surface area contributed by atoms with Crippen LogP contribution in [0.2, 0.25) is 0 Å². The summed E-state index contributed by atoms with van der Waals surface area (Å²) in [5.41, 5.74) is 4.29. The molecule has 3 heteroatoms. The maximum absolute atomic E-state index is 13.7. The van der Waals surface area contributed by atoms with Gasteiger partial charge in [0.05, 0.1) is 11.4 Å². The first kappa shape index (κ1) is 22.7. The molecule has 1 heterocycles. The van der Waals surface area contributed by atoms with Gasteiger partial charge in [-0.15, -0.1) is 0 Å². The third kappa shape index (κ3) is 4.32. The number of carbonyl (C=O) groups is 1. The molecule has 1 aliphatic heterocycles. The van der Waals surface area contributed by atoms with Gasteiger partial charge in [0.15, 0.2) is 0 Å². The Morgan fingerprint density at radius 1 is 0.964 bits per heavy atom. The van der Waals surface area contributed by atoms with Crippen molar-refractivity contribution in [1.82, 2.24) is 9.80 Å². The average Bonchev–Trinajstić information content (AvgIpc) is 2.70. The quantitative estimate of drug-likeness (QED) is 0.368. The van der Waals surface area contributed by atoms with Gasteiger partial charge in [0.2, 0.25) is 0 Å². The van der Waals surface area contributed by atoms with Crippen LogP contribution < -0.4 is 0 Å². The second kappa shape index (κ2) is 10.7. The average molecular weight is 375 g/mol. The molecule has 0 radical (unpaired) electrons. The third-order valence-corrected chi connectivity index (χ3v) is 4.39. The molecule has 1 rings (SSSR count). The van der Waals surface area contributed by atoms with Gasteiger partial charge in [-0.2, -0.15) is 0 Å². The van der Waals surface area contributed by atoms with Crippen molar-refractivity contribution in [3.63, 3.8) is 0 Å². The van der Waals surface area contributed by atoms with Gasteiger partial charge < -0.3 is 4.90 Å². The molecule has 0 unspecified atom stereocenters. The van der Waals surface area contributed by atoms with Gasteiger partial charge in [0.1, 0.15) is 5.70 Å². The van der Waals surface area contributed by atoms with Gasteiger partial charge in [0, 0.05) is 12.2 Å². The summed E-state index contributed by atoms with van der Waals surface area (Å²) in [5.74, 6) is -0.163. The van der Waals surface area contributed by atoms with E-state index >= 15 is 0 Å². The Kier molecular flexibility index (Phi) is 8.70. The number of allylic oxidation sites excluding steroid dienone is 10. The number of piperazine rings is 1. The lowest BCUT2D eigenvalue weighted by molar-refractivity contribution is -0.126. The minimum absolute atomic E-state index is 0.163. The van der Waals surface area contributed by atoms with Crippen LogP contribution in [0.3, 0.4) is 0 Å². The smallest absolute Gasteiger partial charge is 0.279 e. The van der Waals surface area contributed by atoms with Crippen LogP contribution in [0.5, 0.6) is 0 Å². The predicted molar refractivity (Wildman–Crippen MR) is 121 cm³/mol. The Morgan fingerprint density at radius 3 is 2.04 bits per heavy atom. The van der Waals surface area contributed by atoms with Gasteiger partial charge in [-0.3, -0.25) is 9.69 Å². The number of carbonyl (C=O) groups excluding carboxylic acids is 1. The van der Waals surface area contributed by atoms with E-state index in [9.17, 15) is 4.79 Å². The summed E-state index contributed by atoms with van der Waals surface area (Å²) in [6.07, 6.45) is 14.4. The van der Waals surface area contributed by atoms with Crippen molar-refractivity contribution in [2.24, 2.45) is 0 Å². The van der Waals surface area contributed by atoms with Crippen LogP contribution >= 0.6 is 0 Å². The Balaban J connectivity index is 3.95. The fraction of sp³-hybridized carbons (Fsp3) is 0.160. The van der Waals surface area contributed by atoms with Crippen LogP contribution in [-0.2, 0) is 4.79 Å². The number of hydrogen-bond acceptors (Lipinski definition) is 2. The second-order valence-corrected chi connectivity index (χ2v) is 5.89. The van der Waals surface area contributed by atoms with Crippen molar-refractivity contribution in [2.45, 2.75) is 20.3 Å². The van der Waals surface area contributed by atoms with E-state index in [1.807, 2.05) is 24.8 Å². The van der Waals surface area contributed by atoms with Crippen LogP contribution in [0.25, 0.3) is 0 Å². The molecule has 1 amide bonds. The van der Waals surface area contributed by atoms with Crippen molar-refractivity contribution in [1.29, 1.82) is 0 Å². The lowest BCUT2D eigenvalue weighted by atomic mass is 9.96. The zero-order valence-corrected chi connectivity index (χ0v) is 17.1. The Hall–Kier alpha value is -3.33. The molecule has 1 saturated heterocycles. The standard InChI is InChI=1S/C25H30N2O/c1-9-16-20(12-4)22(14-6)24-25(28)27(21(13-5)17-10-2)23(18-11-3)19(8)26(24)15-7/h9-13,16-18H,1-5,8,14-15H2,6-7H3/b20-16+,21-17+,23-18+,24-22+. The first-order valence-corrected chi connectivity index (χ1v) is 9.24. The third-order valence-electron chi connectivity index (χ3n) is 4.39. The van der Waals surface area contributed by atoms with E-state index < -0.39 is 0 Å². The summed E-state index contributed by atoms with van der Waals surface area (Å²) in [7, 11) is 0. The predicted octanol–water partition coefficient (Wildman–Crippen LogP) is 5.95.